The number of para-hydroxylation sites is 6. The third kappa shape index (κ3) is 9.96. The van der Waals surface area contributed by atoms with Crippen molar-refractivity contribution in [1.29, 1.82) is 0 Å². The van der Waals surface area contributed by atoms with Crippen molar-refractivity contribution < 1.29 is 40.0 Å². The minimum absolute atomic E-state index is 0. The van der Waals surface area contributed by atoms with E-state index in [2.05, 4.69) is 148 Å². The predicted molar refractivity (Wildman–Crippen MR) is 346 cm³/mol. The summed E-state index contributed by atoms with van der Waals surface area (Å²) in [7, 11) is 0. The Morgan fingerprint density at radius 2 is 1.12 bits per heavy atom. The van der Waals surface area contributed by atoms with Crippen LogP contribution >= 0.6 is 0 Å². The molecule has 0 aliphatic carbocycles. The van der Waals surface area contributed by atoms with Crippen LogP contribution in [0.5, 0.6) is 11.5 Å². The maximum Gasteiger partial charge on any atom is 0.268 e. The van der Waals surface area contributed by atoms with Crippen molar-refractivity contribution in [3.63, 3.8) is 0 Å². The van der Waals surface area contributed by atoms with E-state index in [0.717, 1.165) is 82.6 Å². The summed E-state index contributed by atoms with van der Waals surface area (Å²) in [5, 5.41) is 4.02. The van der Waals surface area contributed by atoms with E-state index in [-0.39, 0.29) is 49.5 Å². The Kier molecular flexibility index (Phi) is 12.0. The predicted octanol–water partition coefficient (Wildman–Crippen LogP) is 19.1. The summed E-state index contributed by atoms with van der Waals surface area (Å²) in [5.74, 6) is 1.29. The Hall–Kier alpha value is -9.09. The molecule has 420 valence electrons. The molecule has 6 nitrogen and oxygen atoms in total. The molecule has 85 heavy (non-hydrogen) atoms. The number of pyridine rings is 1. The van der Waals surface area contributed by atoms with Crippen molar-refractivity contribution >= 4 is 54.6 Å². The summed E-state index contributed by atoms with van der Waals surface area (Å²) in [5.41, 5.74) is 11.5. The molecule has 0 bridgehead atoms. The van der Waals surface area contributed by atoms with Crippen LogP contribution in [0.15, 0.2) is 237 Å². The summed E-state index contributed by atoms with van der Waals surface area (Å²) in [4.78, 5) is 5.01. The van der Waals surface area contributed by atoms with Crippen molar-refractivity contribution in [1.82, 2.24) is 18.7 Å². The normalized spacial score (nSPS) is 13.5. The molecule has 14 aromatic rings. The fraction of sp³-hybridized carbons (Fsp3) is 0.154. The number of nitrogens with zero attached hydrogens (tertiary/aromatic N) is 5. The van der Waals surface area contributed by atoms with Gasteiger partial charge < -0.3 is 18.4 Å². The zero-order valence-electron chi connectivity index (χ0n) is 55.6. The van der Waals surface area contributed by atoms with E-state index < -0.39 is 29.9 Å². The number of hydrogen-bond donors (Lipinski definition) is 0. The monoisotopic (exact) mass is 1290 g/mol. The van der Waals surface area contributed by atoms with E-state index in [0.29, 0.717) is 45.3 Å². The minimum Gasteiger partial charge on any atom is -0.510 e. The number of imidazole rings is 1. The molecule has 0 atom stereocenters. The van der Waals surface area contributed by atoms with E-state index in [9.17, 15) is 5.48 Å². The van der Waals surface area contributed by atoms with Gasteiger partial charge in [-0.2, -0.15) is 12.1 Å². The van der Waals surface area contributed by atoms with Crippen LogP contribution in [0.3, 0.4) is 0 Å². The molecule has 0 saturated heterocycles. The van der Waals surface area contributed by atoms with Gasteiger partial charge in [-0.15, -0.1) is 24.3 Å². The van der Waals surface area contributed by atoms with Crippen LogP contribution < -0.4 is 9.30 Å². The van der Waals surface area contributed by atoms with Gasteiger partial charge in [-0.1, -0.05) is 242 Å². The summed E-state index contributed by atoms with van der Waals surface area (Å²) in [6.45, 7) is 17.1. The first-order chi connectivity index (χ1) is 43.5. The molecule has 0 aliphatic rings. The minimum atomic E-state index is -1.83. The average Bonchev–Trinajstić information content (AvgIpc) is 1.53. The molecular weight excluding hydrogens is 1220 g/mol. The number of rotatable bonds is 11. The molecule has 14 rings (SSSR count). The molecule has 0 aliphatic heterocycles. The topological polar surface area (TPSA) is 40.8 Å². The van der Waals surface area contributed by atoms with E-state index in [1.807, 2.05) is 138 Å². The standard InChI is InChI=1S/C78H65N5O.Pt/c1-76(2,3)56-44-54(45-57(46-56)77(4,5)6)62-35-24-34-61(53-25-11-9-12-26-53)75(62)81-51-80(69-39-21-22-40-70(69)81)58-29-23-30-59(47-58)84-60-48-71(82-66-36-18-15-31-63(66)64-32-16-19-37-67(64)82)74-65-33-17-20-38-68(65)83(72(74)49-60)73-43-52(41-42-79-73)50-78(7,8)55-27-13-10-14-28-55;/h9-46,48H,50H2,1-8H3;/q-2;/i9D,11D,12D,25D,26D,50D2;. The second-order valence-corrected chi connectivity index (χ2v) is 24.2. The summed E-state index contributed by atoms with van der Waals surface area (Å²) < 4.78 is 79.9. The molecule has 7 heteroatoms. The first kappa shape index (κ1) is 47.3. The molecule has 4 heterocycles. The fourth-order valence-electron chi connectivity index (χ4n) is 11.9. The van der Waals surface area contributed by atoms with E-state index in [1.54, 1.807) is 12.3 Å². The number of ether oxygens (including phenoxy) is 1. The smallest absolute Gasteiger partial charge is 0.268 e. The van der Waals surface area contributed by atoms with Gasteiger partial charge in [-0.25, -0.2) is 4.98 Å². The van der Waals surface area contributed by atoms with Gasteiger partial charge in [-0.3, -0.25) is 4.57 Å². The van der Waals surface area contributed by atoms with Crippen molar-refractivity contribution in [3.05, 3.63) is 277 Å². The van der Waals surface area contributed by atoms with Crippen molar-refractivity contribution in [2.24, 2.45) is 0 Å². The molecule has 0 saturated carbocycles. The van der Waals surface area contributed by atoms with Crippen molar-refractivity contribution in [3.8, 4) is 56.6 Å². The van der Waals surface area contributed by atoms with Crippen molar-refractivity contribution in [2.45, 2.75) is 78.0 Å². The van der Waals surface area contributed by atoms with E-state index in [4.69, 9.17) is 13.8 Å². The molecule has 0 N–H and O–H groups in total. The van der Waals surface area contributed by atoms with E-state index in [1.165, 1.54) is 0 Å². The van der Waals surface area contributed by atoms with Crippen LogP contribution in [-0.2, 0) is 43.7 Å². The van der Waals surface area contributed by atoms with Gasteiger partial charge in [0.2, 0.25) is 0 Å². The molecule has 4 aromatic heterocycles. The zero-order chi connectivity index (χ0) is 63.6. The first-order valence-electron chi connectivity index (χ1n) is 32.0. The number of benzene rings is 10. The van der Waals surface area contributed by atoms with Crippen LogP contribution in [0, 0.1) is 18.5 Å². The van der Waals surface area contributed by atoms with Gasteiger partial charge in [0.1, 0.15) is 5.82 Å². The molecule has 10 aromatic carbocycles. The van der Waals surface area contributed by atoms with Gasteiger partial charge in [0.25, 0.3) is 6.33 Å². The second-order valence-electron chi connectivity index (χ2n) is 24.2. The Morgan fingerprint density at radius 1 is 0.529 bits per heavy atom. The Morgan fingerprint density at radius 3 is 1.79 bits per heavy atom. The molecular formula is C78H65N5OPt-2. The fourth-order valence-corrected chi connectivity index (χ4v) is 11.9. The second kappa shape index (κ2) is 21.5. The van der Waals surface area contributed by atoms with Gasteiger partial charge in [0.05, 0.1) is 34.6 Å². The van der Waals surface area contributed by atoms with Gasteiger partial charge >= 0.3 is 0 Å². The van der Waals surface area contributed by atoms with Crippen LogP contribution in [0.1, 0.15) is 87.2 Å². The van der Waals surface area contributed by atoms with Crippen LogP contribution in [0.25, 0.3) is 99.8 Å². The Labute approximate surface area is 522 Å². The summed E-state index contributed by atoms with van der Waals surface area (Å²) in [6, 6.07) is 72.0. The number of hydrogen-bond acceptors (Lipinski definition) is 2. The van der Waals surface area contributed by atoms with Gasteiger partial charge in [0.15, 0.2) is 0 Å². The largest absolute Gasteiger partial charge is 0.510 e. The molecule has 0 spiro atoms. The first-order valence-corrected chi connectivity index (χ1v) is 28.5. The Balaban J connectivity index is 0.00000773. The van der Waals surface area contributed by atoms with Crippen molar-refractivity contribution in [2.75, 3.05) is 0 Å². The summed E-state index contributed by atoms with van der Waals surface area (Å²) in [6.07, 6.45) is 3.57. The maximum atomic E-state index is 9.80. The third-order valence-electron chi connectivity index (χ3n) is 16.2. The van der Waals surface area contributed by atoms with Crippen LogP contribution in [-0.4, -0.2) is 18.7 Å². The quantitative estimate of drug-likeness (QED) is 0.0956. The third-order valence-corrected chi connectivity index (χ3v) is 16.2. The number of aromatic nitrogens is 5. The zero-order valence-corrected chi connectivity index (χ0v) is 50.9. The van der Waals surface area contributed by atoms with Crippen LogP contribution in [0.2, 0.25) is 0 Å². The SMILES string of the molecule is [2H]c1c([2H])c([2H])c(-c2cccc(-c3cc(C(C)(C)C)cc(C(C)(C)C)c3)c2-[n+]2[c-]n(-c3[c-]c(Oc4[c-]c5c(c(-n6c7ccccc7c7ccccc76)c4)c4ccccc4n5-c4cc(C([2H])([2H])C(C)(C)c5ccccc5)ccn4)ccc3)c3ccccc32)c([2H])c1[2H].[Pt]. The van der Waals surface area contributed by atoms with Gasteiger partial charge in [0, 0.05) is 57.8 Å². The van der Waals surface area contributed by atoms with E-state index >= 15 is 0 Å². The van der Waals surface area contributed by atoms with Crippen LogP contribution in [0.4, 0.5) is 0 Å². The molecule has 0 fully saturated rings. The molecule has 0 unspecified atom stereocenters. The Bertz CT molecular complexity index is 5150. The molecule has 0 radical (unpaired) electrons. The maximum absolute atomic E-state index is 9.80. The molecule has 0 amide bonds. The summed E-state index contributed by atoms with van der Waals surface area (Å²) >= 11 is 0. The van der Waals surface area contributed by atoms with Gasteiger partial charge in [-0.05, 0) is 114 Å². The number of fused-ring (bicyclic) bond motifs is 7. The average molecular weight is 1290 g/mol.